The Labute approximate surface area is 354 Å². The predicted molar refractivity (Wildman–Crippen MR) is 222 cm³/mol. The molecule has 0 saturated carbocycles. The van der Waals surface area contributed by atoms with Gasteiger partial charge >= 0.3 is 5.97 Å². The van der Waals surface area contributed by atoms with Gasteiger partial charge in [0.1, 0.15) is 35.1 Å². The van der Waals surface area contributed by atoms with Crippen LogP contribution in [0.4, 0.5) is 0 Å². The van der Waals surface area contributed by atoms with Gasteiger partial charge in [0.2, 0.25) is 0 Å². The molecule has 0 aliphatic carbocycles. The standard InChI is InChI=1S/C43H83N3O13/c1-15-32-42(11,51)36(48)29(7)45-23-25(3)21-40(9,50)37(59-39-34(47)31(46(12)13)20-26(4)55-39)27(5)35(28(6)38(49)57-32)58-33-22-41(10,53-14)43(52,30(8)56-33)24-44-18-17-19-54-16-2/h25-37,39,44-45,47-48,50-52H,15-24H2,1-14H3/t25-,26-,27+,28-,29-,30+,31+,32-,33+,34-,35+,36-,37-,39+,40+,41-,42-,43-/m1/s1. The van der Waals surface area contributed by atoms with Gasteiger partial charge in [-0.3, -0.25) is 4.79 Å². The number of hydrogen-bond acceptors (Lipinski definition) is 16. The quantitative estimate of drug-likeness (QED) is 0.0985. The van der Waals surface area contributed by atoms with Crippen molar-refractivity contribution < 1.29 is 63.5 Å². The van der Waals surface area contributed by atoms with Crippen LogP contribution in [-0.2, 0) is 38.0 Å². The zero-order chi connectivity index (χ0) is 44.7. The van der Waals surface area contributed by atoms with Gasteiger partial charge in [0.25, 0.3) is 0 Å². The Morgan fingerprint density at radius 2 is 1.63 bits per heavy atom. The van der Waals surface area contributed by atoms with Gasteiger partial charge in [-0.2, -0.15) is 0 Å². The van der Waals surface area contributed by atoms with Crippen molar-refractivity contribution in [3.8, 4) is 0 Å². The molecule has 3 heterocycles. The highest BCUT2D eigenvalue weighted by Crippen LogP contribution is 2.43. The van der Waals surface area contributed by atoms with Gasteiger partial charge in [0, 0.05) is 51.3 Å². The molecule has 348 valence electrons. The number of aliphatic hydroxyl groups excluding tert-OH is 2. The molecule has 3 rings (SSSR count). The van der Waals surface area contributed by atoms with Gasteiger partial charge in [-0.1, -0.05) is 20.8 Å². The van der Waals surface area contributed by atoms with E-state index in [4.69, 9.17) is 33.2 Å². The predicted octanol–water partition coefficient (Wildman–Crippen LogP) is 1.94. The van der Waals surface area contributed by atoms with Crippen molar-refractivity contribution in [3.63, 3.8) is 0 Å². The lowest BCUT2D eigenvalue weighted by molar-refractivity contribution is -0.336. The van der Waals surface area contributed by atoms with Crippen LogP contribution in [-0.4, -0.2) is 180 Å². The number of ether oxygens (including phenoxy) is 7. The molecule has 16 nitrogen and oxygen atoms in total. The van der Waals surface area contributed by atoms with E-state index in [1.54, 1.807) is 41.5 Å². The largest absolute Gasteiger partial charge is 0.459 e. The first-order valence-electron chi connectivity index (χ1n) is 22.0. The molecular weight excluding hydrogens is 766 g/mol. The van der Waals surface area contributed by atoms with Gasteiger partial charge in [0.15, 0.2) is 12.6 Å². The molecule has 3 aliphatic heterocycles. The lowest BCUT2D eigenvalue weighted by atomic mass is 9.75. The van der Waals surface area contributed by atoms with Crippen molar-refractivity contribution >= 4 is 5.97 Å². The molecule has 0 bridgehead atoms. The number of likely N-dealkylation sites (N-methyl/N-ethyl adjacent to an activating group) is 1. The van der Waals surface area contributed by atoms with Crippen LogP contribution in [0.2, 0.25) is 0 Å². The molecule has 0 radical (unpaired) electrons. The van der Waals surface area contributed by atoms with Crippen LogP contribution in [0.1, 0.15) is 108 Å². The first-order valence-corrected chi connectivity index (χ1v) is 22.0. The summed E-state index contributed by atoms with van der Waals surface area (Å²) in [6.07, 6.45) is -6.98. The molecule has 0 unspecified atom stereocenters. The van der Waals surface area contributed by atoms with Crippen molar-refractivity contribution in [1.82, 2.24) is 15.5 Å². The van der Waals surface area contributed by atoms with Crippen LogP contribution < -0.4 is 10.6 Å². The van der Waals surface area contributed by atoms with Crippen LogP contribution in [0.5, 0.6) is 0 Å². The second kappa shape index (κ2) is 22.0. The number of carbonyl (C=O) groups is 1. The van der Waals surface area contributed by atoms with Crippen LogP contribution in [0.25, 0.3) is 0 Å². The molecule has 0 aromatic heterocycles. The third-order valence-corrected chi connectivity index (χ3v) is 13.4. The highest BCUT2D eigenvalue weighted by molar-refractivity contribution is 5.73. The molecule has 18 atom stereocenters. The number of aliphatic hydroxyl groups is 5. The van der Waals surface area contributed by atoms with Crippen LogP contribution in [0.3, 0.4) is 0 Å². The Morgan fingerprint density at radius 1 is 0.966 bits per heavy atom. The fraction of sp³-hybridized carbons (Fsp3) is 0.977. The molecule has 0 amide bonds. The van der Waals surface area contributed by atoms with Gasteiger partial charge in [-0.25, -0.2) is 0 Å². The van der Waals surface area contributed by atoms with E-state index in [-0.39, 0.29) is 43.9 Å². The van der Waals surface area contributed by atoms with E-state index < -0.39 is 95.5 Å². The second-order valence-electron chi connectivity index (χ2n) is 18.7. The molecule has 3 fully saturated rings. The fourth-order valence-electron chi connectivity index (χ4n) is 9.47. The summed E-state index contributed by atoms with van der Waals surface area (Å²) in [7, 11) is 5.30. The maximum atomic E-state index is 14.4. The highest BCUT2D eigenvalue weighted by atomic mass is 16.7. The summed E-state index contributed by atoms with van der Waals surface area (Å²) in [5, 5.41) is 66.1. The normalized spacial score (nSPS) is 46.1. The SMILES string of the molecule is CCOCCCNC[C@@]1(O)[C@H](C)O[C@@H](O[C@H]2[C@H](C)[C@@H](O[C@@H]3O[C@H](C)C[C@H](N(C)C)[C@H]3O)[C@@](C)(O)C[C@@H](C)CN[C@H](C)[C@@H](O)[C@](C)(O)[C@@H](CC)OC(=O)[C@@H]2C)C[C@@]1(C)OC. The summed E-state index contributed by atoms with van der Waals surface area (Å²) in [5.74, 6) is -2.71. The molecule has 0 aromatic carbocycles. The van der Waals surface area contributed by atoms with Gasteiger partial charge in [-0.15, -0.1) is 0 Å². The van der Waals surface area contributed by atoms with Crippen LogP contribution >= 0.6 is 0 Å². The summed E-state index contributed by atoms with van der Waals surface area (Å²) in [6.45, 7) is 21.9. The maximum Gasteiger partial charge on any atom is 0.311 e. The zero-order valence-electron chi connectivity index (χ0n) is 38.6. The molecule has 59 heavy (non-hydrogen) atoms. The van der Waals surface area contributed by atoms with Crippen molar-refractivity contribution in [3.05, 3.63) is 0 Å². The van der Waals surface area contributed by atoms with Gasteiger partial charge in [-0.05, 0) is 114 Å². The maximum absolute atomic E-state index is 14.4. The van der Waals surface area contributed by atoms with E-state index in [9.17, 15) is 30.3 Å². The summed E-state index contributed by atoms with van der Waals surface area (Å²) in [5.41, 5.74) is -6.05. The van der Waals surface area contributed by atoms with E-state index in [0.717, 1.165) is 6.42 Å². The van der Waals surface area contributed by atoms with E-state index in [2.05, 4.69) is 10.6 Å². The lowest BCUT2D eigenvalue weighted by Crippen LogP contribution is -2.70. The van der Waals surface area contributed by atoms with E-state index in [1.807, 2.05) is 46.7 Å². The smallest absolute Gasteiger partial charge is 0.311 e. The van der Waals surface area contributed by atoms with Crippen molar-refractivity contribution in [1.29, 1.82) is 0 Å². The molecule has 3 aliphatic rings. The van der Waals surface area contributed by atoms with Crippen LogP contribution in [0.15, 0.2) is 0 Å². The summed E-state index contributed by atoms with van der Waals surface area (Å²) < 4.78 is 43.9. The Morgan fingerprint density at radius 3 is 2.22 bits per heavy atom. The number of methoxy groups -OCH3 is 1. The Balaban J connectivity index is 2.11. The average molecular weight is 850 g/mol. The Bertz CT molecular complexity index is 1280. The summed E-state index contributed by atoms with van der Waals surface area (Å²) >= 11 is 0. The Kier molecular flexibility index (Phi) is 19.5. The van der Waals surface area contributed by atoms with E-state index in [0.29, 0.717) is 32.7 Å². The average Bonchev–Trinajstić information content (AvgIpc) is 3.16. The number of hydrogen-bond donors (Lipinski definition) is 7. The molecule has 0 aromatic rings. The number of esters is 1. The topological polar surface area (TPSA) is 210 Å². The number of cyclic esters (lactones) is 1. The molecule has 16 heteroatoms. The molecule has 3 saturated heterocycles. The van der Waals surface area contributed by atoms with E-state index >= 15 is 0 Å². The van der Waals surface area contributed by atoms with Crippen molar-refractivity contribution in [2.24, 2.45) is 17.8 Å². The number of rotatable bonds is 14. The highest BCUT2D eigenvalue weighted by Gasteiger charge is 2.58. The number of carbonyl (C=O) groups excluding carboxylic acids is 1. The van der Waals surface area contributed by atoms with Gasteiger partial charge < -0.3 is 74.2 Å². The number of nitrogens with one attached hydrogen (secondary N) is 2. The number of nitrogens with zero attached hydrogens (tertiary/aromatic N) is 1. The van der Waals surface area contributed by atoms with Crippen molar-refractivity contribution in [2.45, 2.75) is 198 Å². The monoisotopic (exact) mass is 850 g/mol. The molecular formula is C43H83N3O13. The summed E-state index contributed by atoms with van der Waals surface area (Å²) in [6, 6.07) is -0.891. The van der Waals surface area contributed by atoms with E-state index in [1.165, 1.54) is 14.0 Å². The zero-order valence-corrected chi connectivity index (χ0v) is 38.6. The summed E-state index contributed by atoms with van der Waals surface area (Å²) in [4.78, 5) is 16.3. The first kappa shape index (κ1) is 52.3. The first-order chi connectivity index (χ1) is 27.4. The minimum absolute atomic E-state index is 0.0728. The minimum Gasteiger partial charge on any atom is -0.459 e. The van der Waals surface area contributed by atoms with Gasteiger partial charge in [0.05, 0.1) is 35.9 Å². The lowest BCUT2D eigenvalue weighted by Gasteiger charge is -2.53. The minimum atomic E-state index is -1.82. The second-order valence-corrected chi connectivity index (χ2v) is 18.7. The molecule has 7 N–H and O–H groups in total. The Hall–Kier alpha value is -1.09. The third-order valence-electron chi connectivity index (χ3n) is 13.4. The third kappa shape index (κ3) is 12.6. The fourth-order valence-corrected chi connectivity index (χ4v) is 9.47. The van der Waals surface area contributed by atoms with Crippen molar-refractivity contribution in [2.75, 3.05) is 54.1 Å². The van der Waals surface area contributed by atoms with Crippen LogP contribution in [0, 0.1) is 17.8 Å². The molecule has 0 spiro atoms.